The molecule has 2 aromatic rings. The number of nitrogens with one attached hydrogen (secondary N) is 1. The molecule has 0 unspecified atom stereocenters. The lowest BCUT2D eigenvalue weighted by atomic mass is 10.1. The number of carbonyl (C=O) groups excluding carboxylic acids is 3. The number of rotatable bonds is 3. The Balaban J connectivity index is 1.68. The van der Waals surface area contributed by atoms with Gasteiger partial charge in [-0.15, -0.1) is 11.3 Å². The topological polar surface area (TPSA) is 82.6 Å². The summed E-state index contributed by atoms with van der Waals surface area (Å²) in [5.74, 6) is -1.38. The van der Waals surface area contributed by atoms with Crippen LogP contribution in [0.5, 0.6) is 0 Å². The highest BCUT2D eigenvalue weighted by molar-refractivity contribution is 7.14. The summed E-state index contributed by atoms with van der Waals surface area (Å²) < 4.78 is 39.2. The summed E-state index contributed by atoms with van der Waals surface area (Å²) in [6, 6.07) is 4.44. The predicted molar refractivity (Wildman–Crippen MR) is 99.7 cm³/mol. The number of nitrogens with zero attached hydrogens (tertiary/aromatic N) is 3. The third-order valence-electron chi connectivity index (χ3n) is 4.43. The van der Waals surface area contributed by atoms with Gasteiger partial charge >= 0.3 is 6.18 Å². The number of hydrogen-bond acceptors (Lipinski definition) is 5. The fraction of sp³-hybridized carbons (Fsp3) is 0.333. The minimum atomic E-state index is -4.67. The van der Waals surface area contributed by atoms with E-state index in [1.165, 1.54) is 24.4 Å². The van der Waals surface area contributed by atoms with Crippen LogP contribution >= 0.6 is 11.3 Å². The van der Waals surface area contributed by atoms with Gasteiger partial charge in [0.25, 0.3) is 11.8 Å². The second-order valence-electron chi connectivity index (χ2n) is 6.33. The van der Waals surface area contributed by atoms with Crippen molar-refractivity contribution in [1.82, 2.24) is 14.8 Å². The fourth-order valence-electron chi connectivity index (χ4n) is 2.91. The van der Waals surface area contributed by atoms with Gasteiger partial charge in [0.1, 0.15) is 5.69 Å². The van der Waals surface area contributed by atoms with Gasteiger partial charge in [0.05, 0.1) is 11.1 Å². The molecule has 0 saturated carbocycles. The van der Waals surface area contributed by atoms with Crippen molar-refractivity contribution in [1.29, 1.82) is 0 Å². The number of aromatic nitrogens is 1. The Morgan fingerprint density at radius 3 is 2.31 bits per heavy atom. The van der Waals surface area contributed by atoms with Gasteiger partial charge in [0.2, 0.25) is 5.91 Å². The summed E-state index contributed by atoms with van der Waals surface area (Å²) in [4.78, 5) is 43.4. The molecular formula is C18H17F3N4O3S. The summed E-state index contributed by atoms with van der Waals surface area (Å²) in [6.07, 6.45) is -4.67. The number of amides is 3. The number of piperazine rings is 1. The predicted octanol–water partition coefficient (Wildman–Crippen LogP) is 2.72. The number of benzene rings is 1. The van der Waals surface area contributed by atoms with E-state index in [2.05, 4.69) is 10.3 Å². The maximum absolute atomic E-state index is 13.1. The number of alkyl halides is 3. The van der Waals surface area contributed by atoms with E-state index in [0.717, 1.165) is 23.5 Å². The van der Waals surface area contributed by atoms with Gasteiger partial charge in [0.15, 0.2) is 5.13 Å². The molecule has 1 aromatic heterocycles. The van der Waals surface area contributed by atoms with Gasteiger partial charge < -0.3 is 9.80 Å². The molecular weight excluding hydrogens is 409 g/mol. The third-order valence-corrected chi connectivity index (χ3v) is 5.19. The van der Waals surface area contributed by atoms with Crippen LogP contribution in [0.1, 0.15) is 33.3 Å². The summed E-state index contributed by atoms with van der Waals surface area (Å²) in [6.45, 7) is 3.02. The molecule has 3 rings (SSSR count). The maximum atomic E-state index is 13.1. The van der Waals surface area contributed by atoms with Crippen molar-refractivity contribution in [3.05, 3.63) is 46.5 Å². The van der Waals surface area contributed by atoms with E-state index in [0.29, 0.717) is 26.2 Å². The van der Waals surface area contributed by atoms with Gasteiger partial charge in [-0.05, 0) is 12.1 Å². The molecule has 11 heteroatoms. The lowest BCUT2D eigenvalue weighted by molar-refractivity contribution is -0.138. The maximum Gasteiger partial charge on any atom is 0.417 e. The van der Waals surface area contributed by atoms with Crippen molar-refractivity contribution in [2.75, 3.05) is 31.5 Å². The zero-order valence-corrected chi connectivity index (χ0v) is 16.1. The first-order chi connectivity index (χ1) is 13.7. The van der Waals surface area contributed by atoms with Crippen LogP contribution in [0.2, 0.25) is 0 Å². The van der Waals surface area contributed by atoms with Crippen LogP contribution in [-0.2, 0) is 11.0 Å². The summed E-state index contributed by atoms with van der Waals surface area (Å²) in [5, 5.41) is 3.78. The Morgan fingerprint density at radius 2 is 1.69 bits per heavy atom. The highest BCUT2D eigenvalue weighted by atomic mass is 32.1. The van der Waals surface area contributed by atoms with Crippen LogP contribution in [0, 0.1) is 0 Å². The molecule has 1 N–H and O–H groups in total. The molecule has 29 heavy (non-hydrogen) atoms. The van der Waals surface area contributed by atoms with Gasteiger partial charge in [-0.25, -0.2) is 4.98 Å². The van der Waals surface area contributed by atoms with E-state index in [9.17, 15) is 27.6 Å². The summed E-state index contributed by atoms with van der Waals surface area (Å²) in [7, 11) is 0. The normalized spacial score (nSPS) is 14.6. The van der Waals surface area contributed by atoms with Crippen molar-refractivity contribution in [3.63, 3.8) is 0 Å². The summed E-state index contributed by atoms with van der Waals surface area (Å²) in [5.41, 5.74) is -1.48. The Kier molecular flexibility index (Phi) is 5.87. The molecule has 7 nitrogen and oxygen atoms in total. The average molecular weight is 426 g/mol. The van der Waals surface area contributed by atoms with Gasteiger partial charge in [-0.3, -0.25) is 19.7 Å². The second-order valence-corrected chi connectivity index (χ2v) is 7.19. The molecule has 3 amide bonds. The highest BCUT2D eigenvalue weighted by Gasteiger charge is 2.35. The fourth-order valence-corrected chi connectivity index (χ4v) is 3.59. The van der Waals surface area contributed by atoms with Crippen molar-refractivity contribution >= 4 is 34.2 Å². The van der Waals surface area contributed by atoms with E-state index >= 15 is 0 Å². The quantitative estimate of drug-likeness (QED) is 0.818. The van der Waals surface area contributed by atoms with Gasteiger partial charge in [0, 0.05) is 38.5 Å². The van der Waals surface area contributed by atoms with Crippen LogP contribution in [0.4, 0.5) is 18.3 Å². The van der Waals surface area contributed by atoms with Crippen LogP contribution in [0.3, 0.4) is 0 Å². The standard InChI is InChI=1S/C18H17F3N4O3S/c1-11(26)24-6-8-25(9-7-24)16(28)14-10-29-17(22-14)23-15(27)12-4-2-3-5-13(12)18(19,20)21/h2-5,10H,6-9H2,1H3,(H,22,23,27). The van der Waals surface area contributed by atoms with E-state index in [4.69, 9.17) is 0 Å². The van der Waals surface area contributed by atoms with Crippen LogP contribution in [-0.4, -0.2) is 58.7 Å². The van der Waals surface area contributed by atoms with Gasteiger partial charge in [-0.1, -0.05) is 12.1 Å². The average Bonchev–Trinajstić information content (AvgIpc) is 3.15. The molecule has 0 spiro atoms. The molecule has 2 heterocycles. The smallest absolute Gasteiger partial charge is 0.339 e. The molecule has 154 valence electrons. The largest absolute Gasteiger partial charge is 0.417 e. The highest BCUT2D eigenvalue weighted by Crippen LogP contribution is 2.32. The zero-order valence-electron chi connectivity index (χ0n) is 15.3. The molecule has 1 aliphatic heterocycles. The molecule has 0 aliphatic carbocycles. The molecule has 1 fully saturated rings. The van der Waals surface area contributed by atoms with Crippen LogP contribution in [0.15, 0.2) is 29.6 Å². The third kappa shape index (κ3) is 4.73. The van der Waals surface area contributed by atoms with Crippen molar-refractivity contribution in [3.8, 4) is 0 Å². The molecule has 0 atom stereocenters. The lowest BCUT2D eigenvalue weighted by Gasteiger charge is -2.33. The number of anilines is 1. The minimum absolute atomic E-state index is 0.0256. The Hall–Kier alpha value is -2.95. The van der Waals surface area contributed by atoms with Crippen LogP contribution in [0.25, 0.3) is 0 Å². The zero-order chi connectivity index (χ0) is 21.2. The lowest BCUT2D eigenvalue weighted by Crippen LogP contribution is -2.50. The monoisotopic (exact) mass is 426 g/mol. The van der Waals surface area contributed by atoms with Crippen molar-refractivity contribution < 1.29 is 27.6 Å². The molecule has 0 radical (unpaired) electrons. The number of carbonyl (C=O) groups is 3. The van der Waals surface area contributed by atoms with E-state index in [1.807, 2.05) is 0 Å². The van der Waals surface area contributed by atoms with Crippen LogP contribution < -0.4 is 5.32 Å². The van der Waals surface area contributed by atoms with E-state index in [1.54, 1.807) is 9.80 Å². The first kappa shape index (κ1) is 20.8. The molecule has 1 aliphatic rings. The minimum Gasteiger partial charge on any atom is -0.339 e. The molecule has 1 aromatic carbocycles. The van der Waals surface area contributed by atoms with Crippen molar-refractivity contribution in [2.45, 2.75) is 13.1 Å². The van der Waals surface area contributed by atoms with E-state index < -0.39 is 23.2 Å². The number of hydrogen-bond donors (Lipinski definition) is 1. The number of thiazole rings is 1. The first-order valence-corrected chi connectivity index (χ1v) is 9.52. The Morgan fingerprint density at radius 1 is 1.07 bits per heavy atom. The SMILES string of the molecule is CC(=O)N1CCN(C(=O)c2csc(NC(=O)c3ccccc3C(F)(F)F)n2)CC1. The van der Waals surface area contributed by atoms with E-state index in [-0.39, 0.29) is 22.6 Å². The first-order valence-electron chi connectivity index (χ1n) is 8.64. The molecule has 1 saturated heterocycles. The van der Waals surface area contributed by atoms with Gasteiger partial charge in [-0.2, -0.15) is 13.2 Å². The molecule has 0 bridgehead atoms. The second kappa shape index (κ2) is 8.19. The number of halogens is 3. The Bertz CT molecular complexity index is 936. The Labute approximate surface area is 168 Å². The van der Waals surface area contributed by atoms with Crippen molar-refractivity contribution in [2.24, 2.45) is 0 Å². The summed E-state index contributed by atoms with van der Waals surface area (Å²) >= 11 is 0.947.